The summed E-state index contributed by atoms with van der Waals surface area (Å²) in [5.41, 5.74) is 1.84. The summed E-state index contributed by atoms with van der Waals surface area (Å²) in [6.45, 7) is 4.22. The van der Waals surface area contributed by atoms with Crippen LogP contribution in [0.25, 0.3) is 6.08 Å². The minimum absolute atomic E-state index is 0.232. The number of urea groups is 1. The van der Waals surface area contributed by atoms with E-state index < -0.39 is 6.03 Å². The lowest BCUT2D eigenvalue weighted by atomic mass is 10.1. The Morgan fingerprint density at radius 3 is 2.52 bits per heavy atom. The predicted molar refractivity (Wildman–Crippen MR) is 95.6 cm³/mol. The van der Waals surface area contributed by atoms with Crippen LogP contribution in [0.1, 0.15) is 11.1 Å². The number of para-hydroxylation sites is 1. The molecule has 2 aromatic carbocycles. The van der Waals surface area contributed by atoms with Crippen molar-refractivity contribution in [2.24, 2.45) is 0 Å². The molecule has 0 spiro atoms. The van der Waals surface area contributed by atoms with Gasteiger partial charge in [0.25, 0.3) is 5.91 Å². The molecule has 126 valence electrons. The highest BCUT2D eigenvalue weighted by Crippen LogP contribution is 2.23. The summed E-state index contributed by atoms with van der Waals surface area (Å²) in [7, 11) is 0. The second-order valence-electron chi connectivity index (χ2n) is 5.50. The van der Waals surface area contributed by atoms with Crippen molar-refractivity contribution in [1.82, 2.24) is 10.2 Å². The van der Waals surface area contributed by atoms with E-state index in [0.29, 0.717) is 12.4 Å². The summed E-state index contributed by atoms with van der Waals surface area (Å²) >= 11 is 0. The van der Waals surface area contributed by atoms with Crippen molar-refractivity contribution in [3.05, 3.63) is 84.1 Å². The zero-order chi connectivity index (χ0) is 17.6. The van der Waals surface area contributed by atoms with Gasteiger partial charge in [0.1, 0.15) is 18.1 Å². The van der Waals surface area contributed by atoms with Gasteiger partial charge in [-0.15, -0.1) is 0 Å². The largest absolute Gasteiger partial charge is 0.489 e. The van der Waals surface area contributed by atoms with Gasteiger partial charge >= 0.3 is 6.03 Å². The molecule has 2 aromatic rings. The Bertz CT molecular complexity index is 828. The maximum absolute atomic E-state index is 12.6. The van der Waals surface area contributed by atoms with Crippen LogP contribution in [0.15, 0.2) is 72.9 Å². The van der Waals surface area contributed by atoms with E-state index in [4.69, 9.17) is 4.74 Å². The molecule has 0 bridgehead atoms. The molecule has 25 heavy (non-hydrogen) atoms. The van der Waals surface area contributed by atoms with Crippen molar-refractivity contribution in [2.75, 3.05) is 6.61 Å². The third-order valence-electron chi connectivity index (χ3n) is 3.72. The van der Waals surface area contributed by atoms with Crippen LogP contribution in [0, 0.1) is 0 Å². The number of nitrogens with one attached hydrogen (secondary N) is 1. The van der Waals surface area contributed by atoms with E-state index in [1.807, 2.05) is 48.5 Å². The van der Waals surface area contributed by atoms with Gasteiger partial charge in [0.05, 0.1) is 6.54 Å². The molecule has 5 heteroatoms. The van der Waals surface area contributed by atoms with E-state index in [-0.39, 0.29) is 18.1 Å². The van der Waals surface area contributed by atoms with Gasteiger partial charge in [-0.3, -0.25) is 9.69 Å². The first kappa shape index (κ1) is 16.5. The third kappa shape index (κ3) is 3.77. The van der Waals surface area contributed by atoms with E-state index in [1.54, 1.807) is 18.2 Å². The standard InChI is InChI=1S/C20H18N2O3/c1-2-12-25-18-11-7-6-10-16(18)13-17-19(23)22(20(24)21-17)14-15-8-4-3-5-9-15/h2-11,13H,1,12,14H2,(H,21,24)/b17-13-. The first-order valence-corrected chi connectivity index (χ1v) is 7.90. The van der Waals surface area contributed by atoms with Crippen molar-refractivity contribution in [3.8, 4) is 5.75 Å². The van der Waals surface area contributed by atoms with Crippen LogP contribution >= 0.6 is 0 Å². The summed E-state index contributed by atoms with van der Waals surface area (Å²) < 4.78 is 5.58. The lowest BCUT2D eigenvalue weighted by Gasteiger charge is -2.11. The molecule has 1 aliphatic heterocycles. The predicted octanol–water partition coefficient (Wildman–Crippen LogP) is 3.34. The maximum atomic E-state index is 12.6. The number of nitrogens with zero attached hydrogens (tertiary/aromatic N) is 1. The molecule has 3 rings (SSSR count). The summed E-state index contributed by atoms with van der Waals surface area (Å²) in [5.74, 6) is 0.269. The van der Waals surface area contributed by atoms with Gasteiger partial charge in [-0.25, -0.2) is 4.79 Å². The Labute approximate surface area is 146 Å². The molecule has 1 heterocycles. The summed E-state index contributed by atoms with van der Waals surface area (Å²) in [4.78, 5) is 25.9. The maximum Gasteiger partial charge on any atom is 0.329 e. The van der Waals surface area contributed by atoms with E-state index >= 15 is 0 Å². The average Bonchev–Trinajstić information content (AvgIpc) is 2.89. The van der Waals surface area contributed by atoms with Gasteiger partial charge in [-0.1, -0.05) is 61.2 Å². The number of amides is 3. The highest BCUT2D eigenvalue weighted by atomic mass is 16.5. The summed E-state index contributed by atoms with van der Waals surface area (Å²) in [6, 6.07) is 16.3. The Hall–Kier alpha value is -3.34. The minimum atomic E-state index is -0.426. The number of benzene rings is 2. The second kappa shape index (κ2) is 7.49. The quantitative estimate of drug-likeness (QED) is 0.501. The van der Waals surface area contributed by atoms with Crippen LogP contribution < -0.4 is 10.1 Å². The van der Waals surface area contributed by atoms with Crippen molar-refractivity contribution in [3.63, 3.8) is 0 Å². The van der Waals surface area contributed by atoms with Gasteiger partial charge < -0.3 is 10.1 Å². The molecule has 0 aromatic heterocycles. The fourth-order valence-corrected chi connectivity index (χ4v) is 2.52. The zero-order valence-corrected chi connectivity index (χ0v) is 13.6. The van der Waals surface area contributed by atoms with Crippen LogP contribution in [-0.4, -0.2) is 23.4 Å². The van der Waals surface area contributed by atoms with Crippen molar-refractivity contribution in [2.45, 2.75) is 6.54 Å². The molecule has 3 amide bonds. The number of carbonyl (C=O) groups excluding carboxylic acids is 2. The lowest BCUT2D eigenvalue weighted by Crippen LogP contribution is -2.30. The highest BCUT2D eigenvalue weighted by molar-refractivity contribution is 6.14. The number of ether oxygens (including phenoxy) is 1. The van der Waals surface area contributed by atoms with Crippen LogP contribution in [0.4, 0.5) is 4.79 Å². The molecule has 1 aliphatic rings. The molecule has 0 saturated carbocycles. The normalized spacial score (nSPS) is 15.4. The van der Waals surface area contributed by atoms with Crippen LogP contribution in [0.2, 0.25) is 0 Å². The number of hydrogen-bond acceptors (Lipinski definition) is 3. The SMILES string of the molecule is C=CCOc1ccccc1/C=C1\NC(=O)N(Cc2ccccc2)C1=O. The molecule has 0 atom stereocenters. The topological polar surface area (TPSA) is 58.6 Å². The molecular formula is C20H18N2O3. The molecule has 5 nitrogen and oxygen atoms in total. The molecule has 0 aliphatic carbocycles. The summed E-state index contributed by atoms with van der Waals surface area (Å²) in [6.07, 6.45) is 3.28. The zero-order valence-electron chi connectivity index (χ0n) is 13.6. The molecule has 1 N–H and O–H groups in total. The minimum Gasteiger partial charge on any atom is -0.489 e. The molecule has 0 radical (unpaired) electrons. The lowest BCUT2D eigenvalue weighted by molar-refractivity contribution is -0.123. The Morgan fingerprint density at radius 1 is 1.04 bits per heavy atom. The van der Waals surface area contributed by atoms with Crippen LogP contribution in [-0.2, 0) is 11.3 Å². The van der Waals surface area contributed by atoms with Crippen LogP contribution in [0.3, 0.4) is 0 Å². The Kier molecular flexibility index (Phi) is 4.95. The van der Waals surface area contributed by atoms with Crippen molar-refractivity contribution < 1.29 is 14.3 Å². The Balaban J connectivity index is 1.82. The van der Waals surface area contributed by atoms with Gasteiger partial charge in [0.15, 0.2) is 0 Å². The number of carbonyl (C=O) groups is 2. The Morgan fingerprint density at radius 2 is 1.76 bits per heavy atom. The monoisotopic (exact) mass is 334 g/mol. The molecule has 1 saturated heterocycles. The number of imide groups is 1. The average molecular weight is 334 g/mol. The highest BCUT2D eigenvalue weighted by Gasteiger charge is 2.33. The third-order valence-corrected chi connectivity index (χ3v) is 3.72. The van der Waals surface area contributed by atoms with Gasteiger partial charge in [0, 0.05) is 5.56 Å². The van der Waals surface area contributed by atoms with E-state index in [0.717, 1.165) is 11.1 Å². The first-order chi connectivity index (χ1) is 12.2. The molecule has 1 fully saturated rings. The first-order valence-electron chi connectivity index (χ1n) is 7.90. The van der Waals surface area contributed by atoms with Crippen molar-refractivity contribution in [1.29, 1.82) is 0 Å². The van der Waals surface area contributed by atoms with Gasteiger partial charge in [0.2, 0.25) is 0 Å². The fourth-order valence-electron chi connectivity index (χ4n) is 2.52. The van der Waals surface area contributed by atoms with Gasteiger partial charge in [-0.2, -0.15) is 0 Å². The van der Waals surface area contributed by atoms with E-state index in [2.05, 4.69) is 11.9 Å². The smallest absolute Gasteiger partial charge is 0.329 e. The second-order valence-corrected chi connectivity index (χ2v) is 5.50. The van der Waals surface area contributed by atoms with Crippen molar-refractivity contribution >= 4 is 18.0 Å². The van der Waals surface area contributed by atoms with E-state index in [9.17, 15) is 9.59 Å². The fraction of sp³-hybridized carbons (Fsp3) is 0.100. The summed E-state index contributed by atoms with van der Waals surface area (Å²) in [5, 5.41) is 2.63. The van der Waals surface area contributed by atoms with E-state index in [1.165, 1.54) is 4.90 Å². The molecule has 0 unspecified atom stereocenters. The number of rotatable bonds is 6. The van der Waals surface area contributed by atoms with Crippen LogP contribution in [0.5, 0.6) is 5.75 Å². The van der Waals surface area contributed by atoms with Gasteiger partial charge in [-0.05, 0) is 17.7 Å². The number of hydrogen-bond donors (Lipinski definition) is 1. The molecular weight excluding hydrogens is 316 g/mol.